The highest BCUT2D eigenvalue weighted by Crippen LogP contribution is 2.59. The van der Waals surface area contributed by atoms with Gasteiger partial charge in [-0.1, -0.05) is 18.6 Å². The SMILES string of the molecule is COc1cc2c(cc1OP)CCC1C3=CC[C@H](OP)[C@@]3(C)CCC21. The largest absolute Gasteiger partial charge is 0.493 e. The summed E-state index contributed by atoms with van der Waals surface area (Å²) in [4.78, 5) is 0. The van der Waals surface area contributed by atoms with E-state index in [4.69, 9.17) is 13.8 Å². The average Bonchev–Trinajstić information content (AvgIpc) is 2.96. The van der Waals surface area contributed by atoms with Crippen LogP contribution in [0.4, 0.5) is 0 Å². The smallest absolute Gasteiger partial charge is 0.164 e. The van der Waals surface area contributed by atoms with Gasteiger partial charge in [-0.05, 0) is 67.2 Å². The zero-order valence-electron chi connectivity index (χ0n) is 14.4. The number of aryl methyl sites for hydroxylation is 1. The van der Waals surface area contributed by atoms with Gasteiger partial charge in [-0.25, -0.2) is 0 Å². The van der Waals surface area contributed by atoms with Gasteiger partial charge in [0.05, 0.1) is 22.7 Å². The normalized spacial score (nSPS) is 34.0. The molecular weight excluding hydrogens is 338 g/mol. The summed E-state index contributed by atoms with van der Waals surface area (Å²) in [6, 6.07) is 4.39. The number of hydrogen-bond acceptors (Lipinski definition) is 3. The van der Waals surface area contributed by atoms with E-state index >= 15 is 0 Å². The molecule has 0 radical (unpaired) electrons. The first-order valence-electron chi connectivity index (χ1n) is 8.76. The first-order chi connectivity index (χ1) is 11.6. The first kappa shape index (κ1) is 16.8. The van der Waals surface area contributed by atoms with Crippen LogP contribution in [0.2, 0.25) is 0 Å². The summed E-state index contributed by atoms with van der Waals surface area (Å²) in [6.07, 6.45) is 8.60. The van der Waals surface area contributed by atoms with E-state index in [0.29, 0.717) is 17.9 Å². The molecule has 0 amide bonds. The molecule has 0 aromatic heterocycles. The Morgan fingerprint density at radius 1 is 1.12 bits per heavy atom. The van der Waals surface area contributed by atoms with Crippen LogP contribution >= 0.6 is 18.9 Å². The van der Waals surface area contributed by atoms with Crippen LogP contribution in [-0.4, -0.2) is 13.2 Å². The highest BCUT2D eigenvalue weighted by atomic mass is 31.0. The molecule has 6 atom stereocenters. The van der Waals surface area contributed by atoms with Gasteiger partial charge in [0.1, 0.15) is 0 Å². The fourth-order valence-electron chi connectivity index (χ4n) is 5.34. The molecule has 3 aliphatic rings. The van der Waals surface area contributed by atoms with Crippen molar-refractivity contribution in [1.82, 2.24) is 0 Å². The number of methoxy groups -OCH3 is 1. The summed E-state index contributed by atoms with van der Waals surface area (Å²) in [7, 11) is 6.53. The molecule has 3 nitrogen and oxygen atoms in total. The molecule has 1 saturated carbocycles. The quantitative estimate of drug-likeness (QED) is 0.569. The van der Waals surface area contributed by atoms with Crippen molar-refractivity contribution >= 4 is 18.9 Å². The summed E-state index contributed by atoms with van der Waals surface area (Å²) >= 11 is 0. The fraction of sp³-hybridized carbons (Fsp3) is 0.579. The molecule has 3 aliphatic carbocycles. The van der Waals surface area contributed by atoms with Crippen LogP contribution in [-0.2, 0) is 10.9 Å². The third-order valence-electron chi connectivity index (χ3n) is 6.62. The van der Waals surface area contributed by atoms with Crippen LogP contribution in [0, 0.1) is 11.3 Å². The maximum Gasteiger partial charge on any atom is 0.164 e. The Labute approximate surface area is 149 Å². The Kier molecular flexibility index (Phi) is 4.40. The van der Waals surface area contributed by atoms with Gasteiger partial charge in [0, 0.05) is 14.9 Å². The monoisotopic (exact) mass is 364 g/mol. The number of benzene rings is 1. The maximum atomic E-state index is 5.73. The molecule has 0 heterocycles. The van der Waals surface area contributed by atoms with E-state index in [1.165, 1.54) is 30.4 Å². The minimum absolute atomic E-state index is 0.216. The van der Waals surface area contributed by atoms with Crippen LogP contribution in [0.1, 0.15) is 49.7 Å². The van der Waals surface area contributed by atoms with Crippen molar-refractivity contribution in [3.05, 3.63) is 34.9 Å². The Morgan fingerprint density at radius 3 is 2.67 bits per heavy atom. The van der Waals surface area contributed by atoms with Crippen molar-refractivity contribution in [2.75, 3.05) is 7.11 Å². The standard InChI is InChI=1S/C19H26O3P2/c1-19-8-7-12-13(15(19)5-6-18(19)22-24)4-3-11-9-17(21-23)16(20-2)10-14(11)12/h5,9-10,12-13,18H,3-4,6-8,23-24H2,1-2H3/t12?,13?,18-,19-/m0/s1. The minimum Gasteiger partial charge on any atom is -0.493 e. The van der Waals surface area contributed by atoms with Crippen molar-refractivity contribution in [2.24, 2.45) is 11.3 Å². The molecular formula is C19H26O3P2. The van der Waals surface area contributed by atoms with Gasteiger partial charge < -0.3 is 13.8 Å². The number of fused-ring (bicyclic) bond motifs is 5. The summed E-state index contributed by atoms with van der Waals surface area (Å²) in [5.41, 5.74) is 4.75. The first-order valence-corrected chi connectivity index (χ1v) is 9.70. The lowest BCUT2D eigenvalue weighted by Gasteiger charge is -2.48. The lowest BCUT2D eigenvalue weighted by Crippen LogP contribution is -2.40. The van der Waals surface area contributed by atoms with Crippen LogP contribution in [0.25, 0.3) is 0 Å². The molecule has 130 valence electrons. The zero-order chi connectivity index (χ0) is 16.9. The van der Waals surface area contributed by atoms with Gasteiger partial charge in [-0.2, -0.15) is 0 Å². The molecule has 5 heteroatoms. The van der Waals surface area contributed by atoms with Gasteiger partial charge in [0.2, 0.25) is 0 Å². The van der Waals surface area contributed by atoms with Crippen molar-refractivity contribution in [3.63, 3.8) is 0 Å². The van der Waals surface area contributed by atoms with Crippen LogP contribution in [0.5, 0.6) is 11.5 Å². The number of ether oxygens (including phenoxy) is 1. The number of rotatable bonds is 3. The van der Waals surface area contributed by atoms with Crippen LogP contribution in [0.3, 0.4) is 0 Å². The molecule has 0 saturated heterocycles. The van der Waals surface area contributed by atoms with Crippen molar-refractivity contribution in [1.29, 1.82) is 0 Å². The second kappa shape index (κ2) is 6.27. The summed E-state index contributed by atoms with van der Waals surface area (Å²) in [5, 5.41) is 0. The van der Waals surface area contributed by atoms with E-state index in [9.17, 15) is 0 Å². The Bertz CT molecular complexity index is 687. The van der Waals surface area contributed by atoms with Gasteiger partial charge in [-0.3, -0.25) is 0 Å². The number of hydrogen-bond donors (Lipinski definition) is 0. The molecule has 4 unspecified atom stereocenters. The van der Waals surface area contributed by atoms with E-state index < -0.39 is 0 Å². The maximum absolute atomic E-state index is 5.73. The van der Waals surface area contributed by atoms with Crippen molar-refractivity contribution < 1.29 is 13.8 Å². The lowest BCUT2D eigenvalue weighted by molar-refractivity contribution is 0.0819. The second-order valence-corrected chi connectivity index (χ2v) is 8.06. The molecule has 4 rings (SSSR count). The molecule has 0 spiro atoms. The highest BCUT2D eigenvalue weighted by molar-refractivity contribution is 7.10. The molecule has 1 aromatic rings. The van der Waals surface area contributed by atoms with E-state index in [2.05, 4.69) is 44.1 Å². The van der Waals surface area contributed by atoms with Gasteiger partial charge >= 0.3 is 0 Å². The molecule has 1 aromatic carbocycles. The third-order valence-corrected chi connectivity index (χ3v) is 7.21. The Balaban J connectivity index is 1.72. The lowest BCUT2D eigenvalue weighted by atomic mass is 9.58. The van der Waals surface area contributed by atoms with Crippen LogP contribution < -0.4 is 9.26 Å². The summed E-state index contributed by atoms with van der Waals surface area (Å²) in [5.74, 6) is 2.90. The third kappa shape index (κ3) is 2.36. The summed E-state index contributed by atoms with van der Waals surface area (Å²) in [6.45, 7) is 2.40. The van der Waals surface area contributed by atoms with E-state index in [-0.39, 0.29) is 5.41 Å². The molecule has 1 fully saturated rings. The molecule has 24 heavy (non-hydrogen) atoms. The average molecular weight is 364 g/mol. The molecule has 0 bridgehead atoms. The van der Waals surface area contributed by atoms with Crippen molar-refractivity contribution in [2.45, 2.75) is 51.0 Å². The van der Waals surface area contributed by atoms with Crippen LogP contribution in [0.15, 0.2) is 23.8 Å². The van der Waals surface area contributed by atoms with Gasteiger partial charge in [0.25, 0.3) is 0 Å². The van der Waals surface area contributed by atoms with Crippen molar-refractivity contribution in [3.8, 4) is 11.5 Å². The topological polar surface area (TPSA) is 27.7 Å². The van der Waals surface area contributed by atoms with Gasteiger partial charge in [0.15, 0.2) is 11.5 Å². The fourth-order valence-corrected chi connectivity index (χ4v) is 5.94. The second-order valence-electron chi connectivity index (χ2n) is 7.55. The molecule has 0 N–H and O–H groups in total. The predicted molar refractivity (Wildman–Crippen MR) is 103 cm³/mol. The summed E-state index contributed by atoms with van der Waals surface area (Å²) < 4.78 is 16.7. The Hall–Kier alpha value is -0.620. The van der Waals surface area contributed by atoms with Gasteiger partial charge in [-0.15, -0.1) is 0 Å². The zero-order valence-corrected chi connectivity index (χ0v) is 16.7. The molecule has 0 aliphatic heterocycles. The van der Waals surface area contributed by atoms with E-state index in [0.717, 1.165) is 24.3 Å². The highest BCUT2D eigenvalue weighted by Gasteiger charge is 2.50. The predicted octanol–water partition coefficient (Wildman–Crippen LogP) is 4.82. The minimum atomic E-state index is 0.216. The van der Waals surface area contributed by atoms with E-state index in [1.807, 2.05) is 0 Å². The van der Waals surface area contributed by atoms with E-state index in [1.54, 1.807) is 12.7 Å². The Morgan fingerprint density at radius 2 is 1.96 bits per heavy atom.